The van der Waals surface area contributed by atoms with E-state index in [4.69, 9.17) is 0 Å². The molecule has 15 heavy (non-hydrogen) atoms. The Labute approximate surface area is 93.8 Å². The fraction of sp³-hybridized carbons (Fsp3) is 0. The van der Waals surface area contributed by atoms with Crippen LogP contribution in [0.15, 0.2) is 39.8 Å². The third kappa shape index (κ3) is 1.42. The van der Waals surface area contributed by atoms with Crippen LogP contribution in [0.4, 0.5) is 0 Å². The van der Waals surface area contributed by atoms with Gasteiger partial charge in [-0.1, -0.05) is 6.07 Å². The van der Waals surface area contributed by atoms with Crippen LogP contribution in [0.1, 0.15) is 0 Å². The van der Waals surface area contributed by atoms with E-state index in [0.29, 0.717) is 0 Å². The summed E-state index contributed by atoms with van der Waals surface area (Å²) in [6, 6.07) is 8.00. The Morgan fingerprint density at radius 3 is 2.87 bits per heavy atom. The number of hydrogen-bond acceptors (Lipinski definition) is 3. The summed E-state index contributed by atoms with van der Waals surface area (Å²) in [6.45, 7) is 0. The number of thiophene rings is 2. The summed E-state index contributed by atoms with van der Waals surface area (Å²) in [5.41, 5.74) is 0.909. The molecule has 3 rings (SSSR count). The molecule has 0 aliphatic heterocycles. The molecule has 0 unspecified atom stereocenters. The summed E-state index contributed by atoms with van der Waals surface area (Å²) in [6.07, 6.45) is 0. The first-order valence-electron chi connectivity index (χ1n) is 4.49. The van der Waals surface area contributed by atoms with E-state index in [-0.39, 0.29) is 5.56 Å². The van der Waals surface area contributed by atoms with Crippen molar-refractivity contribution >= 4 is 32.8 Å². The maximum Gasteiger partial charge on any atom is 0.266 e. The van der Waals surface area contributed by atoms with Gasteiger partial charge in [0.1, 0.15) is 0 Å². The van der Waals surface area contributed by atoms with Gasteiger partial charge in [0, 0.05) is 5.39 Å². The topological polar surface area (TPSA) is 32.9 Å². The number of pyridine rings is 1. The van der Waals surface area contributed by atoms with Crippen LogP contribution in [0.3, 0.4) is 0 Å². The van der Waals surface area contributed by atoms with Gasteiger partial charge in [-0.05, 0) is 29.0 Å². The molecular formula is C11H7NOS2. The van der Waals surface area contributed by atoms with Gasteiger partial charge < -0.3 is 4.98 Å². The summed E-state index contributed by atoms with van der Waals surface area (Å²) < 4.78 is 0.801. The molecule has 3 heterocycles. The molecule has 0 saturated heterocycles. The maximum absolute atomic E-state index is 11.7. The van der Waals surface area contributed by atoms with Crippen molar-refractivity contribution in [1.82, 2.24) is 4.98 Å². The molecule has 0 amide bonds. The molecule has 1 N–H and O–H groups in total. The lowest BCUT2D eigenvalue weighted by atomic mass is 10.2. The van der Waals surface area contributed by atoms with Crippen molar-refractivity contribution in [1.29, 1.82) is 0 Å². The molecule has 0 spiro atoms. The largest absolute Gasteiger partial charge is 0.320 e. The molecule has 0 atom stereocenters. The van der Waals surface area contributed by atoms with E-state index in [9.17, 15) is 4.79 Å². The van der Waals surface area contributed by atoms with E-state index < -0.39 is 0 Å². The van der Waals surface area contributed by atoms with Crippen LogP contribution < -0.4 is 5.56 Å². The minimum absolute atomic E-state index is 0.00546. The second-order valence-electron chi connectivity index (χ2n) is 3.19. The number of rotatable bonds is 1. The summed E-state index contributed by atoms with van der Waals surface area (Å²) in [5, 5.41) is 4.97. The normalized spacial score (nSPS) is 10.9. The molecular weight excluding hydrogens is 226 g/mol. The number of fused-ring (bicyclic) bond motifs is 1. The molecule has 2 nitrogen and oxygen atoms in total. The fourth-order valence-corrected chi connectivity index (χ4v) is 3.02. The van der Waals surface area contributed by atoms with Crippen LogP contribution in [-0.4, -0.2) is 4.98 Å². The van der Waals surface area contributed by atoms with Crippen LogP contribution in [0.25, 0.3) is 20.7 Å². The maximum atomic E-state index is 11.7. The third-order valence-corrected chi connectivity index (χ3v) is 4.07. The number of nitrogens with one attached hydrogen (secondary N) is 1. The second kappa shape index (κ2) is 3.32. The van der Waals surface area contributed by atoms with Gasteiger partial charge in [0.25, 0.3) is 5.56 Å². The van der Waals surface area contributed by atoms with Gasteiger partial charge in [-0.3, -0.25) is 4.79 Å². The molecule has 0 aliphatic rings. The molecule has 0 aliphatic carbocycles. The third-order valence-electron chi connectivity index (χ3n) is 2.24. The van der Waals surface area contributed by atoms with E-state index in [1.165, 1.54) is 11.3 Å². The van der Waals surface area contributed by atoms with E-state index in [1.54, 1.807) is 11.3 Å². The van der Waals surface area contributed by atoms with E-state index in [2.05, 4.69) is 4.98 Å². The van der Waals surface area contributed by atoms with Crippen LogP contribution in [-0.2, 0) is 0 Å². The summed E-state index contributed by atoms with van der Waals surface area (Å²) >= 11 is 3.11. The number of aromatic amines is 1. The lowest BCUT2D eigenvalue weighted by molar-refractivity contribution is 1.30. The van der Waals surface area contributed by atoms with Gasteiger partial charge in [0.2, 0.25) is 0 Å². The Hall–Kier alpha value is -1.39. The molecule has 3 aromatic heterocycles. The zero-order chi connectivity index (χ0) is 10.3. The van der Waals surface area contributed by atoms with Crippen LogP contribution in [0.5, 0.6) is 0 Å². The lowest BCUT2D eigenvalue weighted by Crippen LogP contribution is -2.04. The Morgan fingerprint density at radius 2 is 2.07 bits per heavy atom. The van der Waals surface area contributed by atoms with Gasteiger partial charge in [-0.25, -0.2) is 0 Å². The Balaban J connectivity index is 2.34. The van der Waals surface area contributed by atoms with Crippen molar-refractivity contribution in [3.8, 4) is 10.6 Å². The highest BCUT2D eigenvalue weighted by Crippen LogP contribution is 2.25. The summed E-state index contributed by atoms with van der Waals surface area (Å²) in [7, 11) is 0. The molecule has 4 heteroatoms. The zero-order valence-corrected chi connectivity index (χ0v) is 9.32. The first kappa shape index (κ1) is 8.88. The SMILES string of the molecule is O=c1[nH]c(-c2cccs2)cc2ccsc12. The van der Waals surface area contributed by atoms with Gasteiger partial charge in [0.15, 0.2) is 0 Å². The van der Waals surface area contributed by atoms with E-state index in [0.717, 1.165) is 20.7 Å². The van der Waals surface area contributed by atoms with E-state index >= 15 is 0 Å². The van der Waals surface area contributed by atoms with Crippen molar-refractivity contribution in [2.75, 3.05) is 0 Å². The lowest BCUT2D eigenvalue weighted by Gasteiger charge is -1.97. The molecule has 0 fully saturated rings. The molecule has 0 saturated carbocycles. The monoisotopic (exact) mass is 233 g/mol. The van der Waals surface area contributed by atoms with Crippen molar-refractivity contribution in [2.45, 2.75) is 0 Å². The Bertz CT molecular complexity index is 649. The van der Waals surface area contributed by atoms with Crippen molar-refractivity contribution in [3.63, 3.8) is 0 Å². The number of hydrogen-bond donors (Lipinski definition) is 1. The predicted molar refractivity (Wildman–Crippen MR) is 65.8 cm³/mol. The van der Waals surface area contributed by atoms with Gasteiger partial charge >= 0.3 is 0 Å². The minimum atomic E-state index is 0.00546. The molecule has 74 valence electrons. The highest BCUT2D eigenvalue weighted by atomic mass is 32.1. The highest BCUT2D eigenvalue weighted by Gasteiger charge is 2.05. The standard InChI is InChI=1S/C11H7NOS2/c13-11-10-7(3-5-15-10)6-8(12-11)9-2-1-4-14-9/h1-6H,(H,12,13). The van der Waals surface area contributed by atoms with Gasteiger partial charge in [0.05, 0.1) is 15.3 Å². The highest BCUT2D eigenvalue weighted by molar-refractivity contribution is 7.17. The van der Waals surface area contributed by atoms with Crippen molar-refractivity contribution < 1.29 is 0 Å². The summed E-state index contributed by atoms with van der Waals surface area (Å²) in [4.78, 5) is 15.7. The number of aromatic nitrogens is 1. The van der Waals surface area contributed by atoms with Gasteiger partial charge in [-0.2, -0.15) is 0 Å². The zero-order valence-electron chi connectivity index (χ0n) is 7.69. The Kier molecular flexibility index (Phi) is 1.97. The first-order chi connectivity index (χ1) is 7.34. The first-order valence-corrected chi connectivity index (χ1v) is 6.25. The minimum Gasteiger partial charge on any atom is -0.320 e. The molecule has 0 aromatic carbocycles. The van der Waals surface area contributed by atoms with Gasteiger partial charge in [-0.15, -0.1) is 22.7 Å². The quantitative estimate of drug-likeness (QED) is 0.687. The van der Waals surface area contributed by atoms with Crippen molar-refractivity contribution in [2.24, 2.45) is 0 Å². The summed E-state index contributed by atoms with van der Waals surface area (Å²) in [5.74, 6) is 0. The molecule has 3 aromatic rings. The second-order valence-corrected chi connectivity index (χ2v) is 5.06. The smallest absolute Gasteiger partial charge is 0.266 e. The average molecular weight is 233 g/mol. The predicted octanol–water partition coefficient (Wildman–Crippen LogP) is 3.32. The van der Waals surface area contributed by atoms with Crippen LogP contribution in [0, 0.1) is 0 Å². The van der Waals surface area contributed by atoms with Crippen LogP contribution >= 0.6 is 22.7 Å². The number of H-pyrrole nitrogens is 1. The molecule has 0 bridgehead atoms. The fourth-order valence-electron chi connectivity index (χ4n) is 1.55. The van der Waals surface area contributed by atoms with Crippen molar-refractivity contribution in [3.05, 3.63) is 45.4 Å². The van der Waals surface area contributed by atoms with E-state index in [1.807, 2.05) is 35.0 Å². The van der Waals surface area contributed by atoms with Crippen LogP contribution in [0.2, 0.25) is 0 Å². The average Bonchev–Trinajstić information content (AvgIpc) is 2.88. The molecule has 0 radical (unpaired) electrons. The Morgan fingerprint density at radius 1 is 1.13 bits per heavy atom.